The first kappa shape index (κ1) is 16.7. The molecule has 0 bridgehead atoms. The SMILES string of the molecule is Cc1ccc(-n2nc(C(F)(F)C(F)(F)F)cc2NC(=O)O)cc1. The Morgan fingerprint density at radius 1 is 1.17 bits per heavy atom. The first-order chi connectivity index (χ1) is 10.5. The molecule has 2 aromatic rings. The van der Waals surface area contributed by atoms with Crippen LogP contribution in [0.5, 0.6) is 0 Å². The van der Waals surface area contributed by atoms with Gasteiger partial charge in [-0.25, -0.2) is 9.48 Å². The number of carboxylic acid groups (broad SMARTS) is 1. The van der Waals surface area contributed by atoms with Crippen LogP contribution < -0.4 is 5.32 Å². The van der Waals surface area contributed by atoms with Gasteiger partial charge >= 0.3 is 18.2 Å². The van der Waals surface area contributed by atoms with Gasteiger partial charge in [-0.3, -0.25) is 5.32 Å². The minimum Gasteiger partial charge on any atom is -0.465 e. The smallest absolute Gasteiger partial charge is 0.459 e. The fourth-order valence-electron chi connectivity index (χ4n) is 1.76. The number of hydrogen-bond donors (Lipinski definition) is 2. The summed E-state index contributed by atoms with van der Waals surface area (Å²) in [6.45, 7) is 1.74. The minimum absolute atomic E-state index is 0.128. The van der Waals surface area contributed by atoms with Crippen molar-refractivity contribution in [2.45, 2.75) is 19.0 Å². The van der Waals surface area contributed by atoms with Crippen LogP contribution in [0.25, 0.3) is 5.69 Å². The molecule has 124 valence electrons. The standard InChI is InChI=1S/C13H10F5N3O2/c1-7-2-4-8(5-3-7)21-10(19-11(22)23)6-9(20-21)12(14,15)13(16,17)18/h2-6,19H,1H3,(H,22,23). The lowest BCUT2D eigenvalue weighted by Crippen LogP contribution is -2.34. The normalized spacial score (nSPS) is 12.3. The van der Waals surface area contributed by atoms with E-state index in [9.17, 15) is 26.7 Å². The fourth-order valence-corrected chi connectivity index (χ4v) is 1.76. The molecule has 1 amide bonds. The molecule has 0 saturated carbocycles. The van der Waals surface area contributed by atoms with Gasteiger partial charge in [-0.2, -0.15) is 27.1 Å². The van der Waals surface area contributed by atoms with E-state index in [2.05, 4.69) is 5.10 Å². The van der Waals surface area contributed by atoms with Crippen LogP contribution >= 0.6 is 0 Å². The van der Waals surface area contributed by atoms with E-state index < -0.39 is 29.7 Å². The highest BCUT2D eigenvalue weighted by Gasteiger charge is 2.60. The highest BCUT2D eigenvalue weighted by molar-refractivity contribution is 5.82. The molecule has 1 aromatic heterocycles. The molecule has 0 fully saturated rings. The molecule has 0 aliphatic rings. The van der Waals surface area contributed by atoms with Gasteiger partial charge in [0, 0.05) is 6.07 Å². The van der Waals surface area contributed by atoms with Crippen LogP contribution in [0.1, 0.15) is 11.3 Å². The summed E-state index contributed by atoms with van der Waals surface area (Å²) in [5.74, 6) is -5.74. The molecule has 0 spiro atoms. The molecular weight excluding hydrogens is 325 g/mol. The number of nitrogens with zero attached hydrogens (tertiary/aromatic N) is 2. The Kier molecular flexibility index (Phi) is 4.01. The highest BCUT2D eigenvalue weighted by atomic mass is 19.4. The number of nitrogens with one attached hydrogen (secondary N) is 1. The molecule has 10 heteroatoms. The van der Waals surface area contributed by atoms with E-state index in [-0.39, 0.29) is 5.69 Å². The van der Waals surface area contributed by atoms with E-state index >= 15 is 0 Å². The molecule has 0 saturated heterocycles. The van der Waals surface area contributed by atoms with Crippen molar-refractivity contribution in [3.05, 3.63) is 41.6 Å². The molecule has 0 unspecified atom stereocenters. The van der Waals surface area contributed by atoms with Crippen molar-refractivity contribution in [1.82, 2.24) is 9.78 Å². The van der Waals surface area contributed by atoms with Crippen LogP contribution in [-0.2, 0) is 5.92 Å². The van der Waals surface area contributed by atoms with Gasteiger partial charge in [-0.15, -0.1) is 0 Å². The topological polar surface area (TPSA) is 67.2 Å². The molecule has 0 aliphatic carbocycles. The second-order valence-corrected chi connectivity index (χ2v) is 4.66. The fraction of sp³-hybridized carbons (Fsp3) is 0.231. The van der Waals surface area contributed by atoms with Crippen molar-refractivity contribution in [3.63, 3.8) is 0 Å². The second kappa shape index (κ2) is 5.52. The van der Waals surface area contributed by atoms with Crippen molar-refractivity contribution in [1.29, 1.82) is 0 Å². The molecule has 0 aliphatic heterocycles. The third-order valence-electron chi connectivity index (χ3n) is 2.90. The maximum atomic E-state index is 13.4. The number of aromatic nitrogens is 2. The number of benzene rings is 1. The lowest BCUT2D eigenvalue weighted by atomic mass is 10.2. The summed E-state index contributed by atoms with van der Waals surface area (Å²) in [4.78, 5) is 10.7. The maximum absolute atomic E-state index is 13.4. The van der Waals surface area contributed by atoms with E-state index in [1.807, 2.05) is 0 Å². The highest BCUT2D eigenvalue weighted by Crippen LogP contribution is 2.44. The lowest BCUT2D eigenvalue weighted by Gasteiger charge is -2.16. The number of alkyl halides is 5. The Labute approximate surface area is 126 Å². The maximum Gasteiger partial charge on any atom is 0.459 e. The van der Waals surface area contributed by atoms with Crippen LogP contribution in [0.4, 0.5) is 32.6 Å². The van der Waals surface area contributed by atoms with E-state index in [0.29, 0.717) is 10.7 Å². The van der Waals surface area contributed by atoms with Gasteiger partial charge in [0.1, 0.15) is 11.5 Å². The quantitative estimate of drug-likeness (QED) is 0.836. The van der Waals surface area contributed by atoms with Gasteiger partial charge in [-0.1, -0.05) is 17.7 Å². The van der Waals surface area contributed by atoms with Crippen LogP contribution in [0.2, 0.25) is 0 Å². The molecule has 0 radical (unpaired) electrons. The van der Waals surface area contributed by atoms with Crippen molar-refractivity contribution in [2.24, 2.45) is 0 Å². The Balaban J connectivity index is 2.57. The largest absolute Gasteiger partial charge is 0.465 e. The zero-order valence-electron chi connectivity index (χ0n) is 11.5. The number of aryl methyl sites for hydroxylation is 1. The molecule has 2 rings (SSSR count). The summed E-state index contributed by atoms with van der Waals surface area (Å²) in [5, 5.41) is 13.7. The predicted molar refractivity (Wildman–Crippen MR) is 69.9 cm³/mol. The molecule has 0 atom stereocenters. The summed E-state index contributed by atoms with van der Waals surface area (Å²) in [7, 11) is 0. The Bertz CT molecular complexity index is 722. The average Bonchev–Trinajstić information content (AvgIpc) is 2.82. The van der Waals surface area contributed by atoms with E-state index in [1.165, 1.54) is 12.1 Å². The van der Waals surface area contributed by atoms with Crippen LogP contribution in [0.15, 0.2) is 30.3 Å². The number of rotatable bonds is 3. The van der Waals surface area contributed by atoms with Crippen molar-refractivity contribution < 1.29 is 31.9 Å². The summed E-state index contributed by atoms with van der Waals surface area (Å²) >= 11 is 0. The van der Waals surface area contributed by atoms with Crippen LogP contribution in [0, 0.1) is 6.92 Å². The molecule has 1 aromatic carbocycles. The van der Waals surface area contributed by atoms with Gasteiger partial charge in [0.05, 0.1) is 5.69 Å². The van der Waals surface area contributed by atoms with E-state index in [1.54, 1.807) is 24.4 Å². The van der Waals surface area contributed by atoms with Gasteiger partial charge < -0.3 is 5.11 Å². The van der Waals surface area contributed by atoms with Gasteiger partial charge in [0.15, 0.2) is 0 Å². The number of anilines is 1. The van der Waals surface area contributed by atoms with Gasteiger partial charge in [0.25, 0.3) is 0 Å². The second-order valence-electron chi connectivity index (χ2n) is 4.66. The van der Waals surface area contributed by atoms with Gasteiger partial charge in [0.2, 0.25) is 0 Å². The molecule has 2 N–H and O–H groups in total. The average molecular weight is 335 g/mol. The Hall–Kier alpha value is -2.65. The zero-order chi connectivity index (χ0) is 17.4. The number of halogens is 5. The van der Waals surface area contributed by atoms with Crippen molar-refractivity contribution in [2.75, 3.05) is 5.32 Å². The number of hydrogen-bond acceptors (Lipinski definition) is 2. The first-order valence-electron chi connectivity index (χ1n) is 6.14. The number of carbonyl (C=O) groups is 1. The number of amides is 1. The third kappa shape index (κ3) is 3.25. The predicted octanol–water partition coefficient (Wildman–Crippen LogP) is 3.92. The first-order valence-corrected chi connectivity index (χ1v) is 6.14. The summed E-state index contributed by atoms with van der Waals surface area (Å²) in [6.07, 6.45) is -7.47. The minimum atomic E-state index is -5.85. The van der Waals surface area contributed by atoms with Crippen LogP contribution in [0.3, 0.4) is 0 Å². The molecule has 23 heavy (non-hydrogen) atoms. The Morgan fingerprint density at radius 2 is 1.74 bits per heavy atom. The van der Waals surface area contributed by atoms with Crippen molar-refractivity contribution >= 4 is 11.9 Å². The lowest BCUT2D eigenvalue weighted by molar-refractivity contribution is -0.291. The molecule has 1 heterocycles. The zero-order valence-corrected chi connectivity index (χ0v) is 11.5. The summed E-state index contributed by atoms with van der Waals surface area (Å²) in [6, 6.07) is 6.31. The summed E-state index contributed by atoms with van der Waals surface area (Å²) in [5.41, 5.74) is -0.660. The van der Waals surface area contributed by atoms with Gasteiger partial charge in [-0.05, 0) is 19.1 Å². The molecular formula is C13H10F5N3O2. The van der Waals surface area contributed by atoms with Crippen LogP contribution in [-0.4, -0.2) is 27.2 Å². The summed E-state index contributed by atoms with van der Waals surface area (Å²) < 4.78 is 64.8. The van der Waals surface area contributed by atoms with Crippen molar-refractivity contribution in [3.8, 4) is 5.69 Å². The molecule has 5 nitrogen and oxygen atoms in total. The Morgan fingerprint density at radius 3 is 2.22 bits per heavy atom. The third-order valence-corrected chi connectivity index (χ3v) is 2.90. The monoisotopic (exact) mass is 335 g/mol. The van der Waals surface area contributed by atoms with E-state index in [0.717, 1.165) is 5.56 Å². The van der Waals surface area contributed by atoms with E-state index in [4.69, 9.17) is 5.11 Å².